The highest BCUT2D eigenvalue weighted by Crippen LogP contribution is 2.38. The van der Waals surface area contributed by atoms with Crippen molar-refractivity contribution in [3.8, 4) is 0 Å². The first-order chi connectivity index (χ1) is 9.77. The minimum atomic E-state index is -0.123. The molecule has 1 fully saturated rings. The van der Waals surface area contributed by atoms with Gasteiger partial charge in [-0.05, 0) is 36.3 Å². The third-order valence-electron chi connectivity index (χ3n) is 4.22. The molecule has 1 aliphatic carbocycles. The van der Waals surface area contributed by atoms with Gasteiger partial charge in [0.1, 0.15) is 10.3 Å². The number of hydrogen-bond acceptors (Lipinski definition) is 2. The van der Waals surface area contributed by atoms with Crippen LogP contribution >= 0.6 is 23.2 Å². The minimum Gasteiger partial charge on any atom is -0.349 e. The maximum absolute atomic E-state index is 12.4. The molecule has 1 aromatic rings. The number of halogens is 2. The van der Waals surface area contributed by atoms with E-state index in [9.17, 15) is 4.79 Å². The van der Waals surface area contributed by atoms with Crippen LogP contribution in [0.4, 0.5) is 0 Å². The topological polar surface area (TPSA) is 42.0 Å². The van der Waals surface area contributed by atoms with E-state index in [-0.39, 0.29) is 27.7 Å². The molecule has 1 aromatic heterocycles. The Kier molecular flexibility index (Phi) is 5.15. The maximum Gasteiger partial charge on any atom is 0.251 e. The predicted octanol–water partition coefficient (Wildman–Crippen LogP) is 4.72. The molecule has 1 aliphatic rings. The van der Waals surface area contributed by atoms with Crippen LogP contribution in [0.3, 0.4) is 0 Å². The molecule has 0 aliphatic heterocycles. The molecule has 1 saturated carbocycles. The smallest absolute Gasteiger partial charge is 0.251 e. The van der Waals surface area contributed by atoms with Crippen LogP contribution in [0.5, 0.6) is 0 Å². The molecule has 21 heavy (non-hydrogen) atoms. The number of nitrogens with zero attached hydrogens (tertiary/aromatic N) is 1. The summed E-state index contributed by atoms with van der Waals surface area (Å²) < 4.78 is 0. The number of hydrogen-bond donors (Lipinski definition) is 1. The number of pyridine rings is 1. The van der Waals surface area contributed by atoms with Crippen molar-refractivity contribution >= 4 is 29.1 Å². The van der Waals surface area contributed by atoms with E-state index in [1.54, 1.807) is 12.1 Å². The molecule has 0 saturated heterocycles. The van der Waals surface area contributed by atoms with Gasteiger partial charge in [-0.2, -0.15) is 0 Å². The summed E-state index contributed by atoms with van der Waals surface area (Å²) in [6, 6.07) is 3.31. The first kappa shape index (κ1) is 16.6. The molecule has 2 atom stereocenters. The number of rotatable bonds is 2. The fraction of sp³-hybridized carbons (Fsp3) is 0.625. The lowest BCUT2D eigenvalue weighted by molar-refractivity contribution is 0.0830. The van der Waals surface area contributed by atoms with E-state index in [2.05, 4.69) is 31.1 Å². The van der Waals surface area contributed by atoms with Crippen molar-refractivity contribution in [2.24, 2.45) is 11.3 Å². The Bertz CT molecular complexity index is 505. The molecule has 2 unspecified atom stereocenters. The Morgan fingerprint density at radius 2 is 1.76 bits per heavy atom. The third-order valence-corrected chi connectivity index (χ3v) is 4.61. The molecule has 1 N–H and O–H groups in total. The number of aromatic nitrogens is 1. The Labute approximate surface area is 136 Å². The van der Waals surface area contributed by atoms with Crippen LogP contribution in [0.15, 0.2) is 12.1 Å². The molecule has 1 heterocycles. The molecule has 0 aromatic carbocycles. The van der Waals surface area contributed by atoms with E-state index in [1.165, 1.54) is 6.42 Å². The molecule has 5 heteroatoms. The summed E-state index contributed by atoms with van der Waals surface area (Å²) in [5, 5.41) is 3.64. The zero-order valence-corrected chi connectivity index (χ0v) is 14.3. The van der Waals surface area contributed by atoms with E-state index >= 15 is 0 Å². The number of amides is 1. The van der Waals surface area contributed by atoms with Crippen molar-refractivity contribution in [3.63, 3.8) is 0 Å². The Morgan fingerprint density at radius 3 is 2.33 bits per heavy atom. The van der Waals surface area contributed by atoms with Crippen LogP contribution in [-0.2, 0) is 0 Å². The van der Waals surface area contributed by atoms with Gasteiger partial charge in [0, 0.05) is 11.6 Å². The lowest BCUT2D eigenvalue weighted by atomic mass is 9.69. The molecule has 0 bridgehead atoms. The highest BCUT2D eigenvalue weighted by molar-refractivity contribution is 6.33. The minimum absolute atomic E-state index is 0.123. The number of carbonyl (C=O) groups excluding carboxylic acids is 1. The van der Waals surface area contributed by atoms with Crippen molar-refractivity contribution in [1.82, 2.24) is 10.3 Å². The molecule has 0 radical (unpaired) electrons. The summed E-state index contributed by atoms with van der Waals surface area (Å²) in [6.07, 6.45) is 4.59. The van der Waals surface area contributed by atoms with Crippen LogP contribution in [-0.4, -0.2) is 16.9 Å². The van der Waals surface area contributed by atoms with Gasteiger partial charge in [0.05, 0.1) is 0 Å². The summed E-state index contributed by atoms with van der Waals surface area (Å²) in [6.45, 7) is 6.72. The first-order valence-corrected chi connectivity index (χ1v) is 8.17. The zero-order chi connectivity index (χ0) is 15.6. The van der Waals surface area contributed by atoms with Crippen LogP contribution in [0.1, 0.15) is 56.8 Å². The van der Waals surface area contributed by atoms with Crippen LogP contribution < -0.4 is 5.32 Å². The SMILES string of the molecule is CC(C)(C)C1CCCCC1NC(=O)c1cc(Cl)nc(Cl)c1. The molecular formula is C16H22Cl2N2O. The summed E-state index contributed by atoms with van der Waals surface area (Å²) in [5.41, 5.74) is 0.657. The van der Waals surface area contributed by atoms with Crippen molar-refractivity contribution in [2.75, 3.05) is 0 Å². The molecular weight excluding hydrogens is 307 g/mol. The van der Waals surface area contributed by atoms with Gasteiger partial charge in [-0.1, -0.05) is 56.8 Å². The zero-order valence-electron chi connectivity index (χ0n) is 12.7. The van der Waals surface area contributed by atoms with E-state index in [1.807, 2.05) is 0 Å². The van der Waals surface area contributed by atoms with Gasteiger partial charge >= 0.3 is 0 Å². The fourth-order valence-corrected chi connectivity index (χ4v) is 3.65. The Balaban J connectivity index is 2.13. The average molecular weight is 329 g/mol. The van der Waals surface area contributed by atoms with Crippen LogP contribution in [0.25, 0.3) is 0 Å². The molecule has 1 amide bonds. The lowest BCUT2D eigenvalue weighted by Gasteiger charge is -2.40. The maximum atomic E-state index is 12.4. The second-order valence-electron chi connectivity index (χ2n) is 6.84. The van der Waals surface area contributed by atoms with Gasteiger partial charge in [0.2, 0.25) is 0 Å². The predicted molar refractivity (Wildman–Crippen MR) is 86.9 cm³/mol. The third kappa shape index (κ3) is 4.33. The second-order valence-corrected chi connectivity index (χ2v) is 7.61. The normalized spacial score (nSPS) is 22.9. The quantitative estimate of drug-likeness (QED) is 0.798. The largest absolute Gasteiger partial charge is 0.349 e. The second kappa shape index (κ2) is 6.53. The van der Waals surface area contributed by atoms with Crippen molar-refractivity contribution in [3.05, 3.63) is 28.0 Å². The fourth-order valence-electron chi connectivity index (χ4n) is 3.19. The number of nitrogens with one attached hydrogen (secondary N) is 1. The van der Waals surface area contributed by atoms with Gasteiger partial charge < -0.3 is 5.32 Å². The van der Waals surface area contributed by atoms with Crippen molar-refractivity contribution < 1.29 is 4.79 Å². The van der Waals surface area contributed by atoms with Gasteiger partial charge in [-0.15, -0.1) is 0 Å². The van der Waals surface area contributed by atoms with E-state index in [4.69, 9.17) is 23.2 Å². The standard InChI is InChI=1S/C16H22Cl2N2O/c1-16(2,3)11-6-4-5-7-12(11)19-15(21)10-8-13(17)20-14(18)9-10/h8-9,11-12H,4-7H2,1-3H3,(H,19,21). The van der Waals surface area contributed by atoms with E-state index in [0.29, 0.717) is 11.5 Å². The van der Waals surface area contributed by atoms with Gasteiger partial charge in [0.25, 0.3) is 5.91 Å². The number of carbonyl (C=O) groups is 1. The highest BCUT2D eigenvalue weighted by atomic mass is 35.5. The van der Waals surface area contributed by atoms with E-state index in [0.717, 1.165) is 19.3 Å². The van der Waals surface area contributed by atoms with Gasteiger partial charge in [0.15, 0.2) is 0 Å². The Morgan fingerprint density at radius 1 is 1.19 bits per heavy atom. The van der Waals surface area contributed by atoms with E-state index < -0.39 is 0 Å². The van der Waals surface area contributed by atoms with Gasteiger partial charge in [-0.3, -0.25) is 4.79 Å². The average Bonchev–Trinajstić information content (AvgIpc) is 2.37. The lowest BCUT2D eigenvalue weighted by Crippen LogP contribution is -2.46. The first-order valence-electron chi connectivity index (χ1n) is 7.41. The monoisotopic (exact) mass is 328 g/mol. The highest BCUT2D eigenvalue weighted by Gasteiger charge is 2.35. The van der Waals surface area contributed by atoms with Crippen LogP contribution in [0.2, 0.25) is 10.3 Å². The van der Waals surface area contributed by atoms with Crippen molar-refractivity contribution in [1.29, 1.82) is 0 Å². The Hall–Kier alpha value is -0.800. The summed E-state index contributed by atoms with van der Waals surface area (Å²) >= 11 is 11.7. The van der Waals surface area contributed by atoms with Gasteiger partial charge in [-0.25, -0.2) is 4.98 Å². The summed E-state index contributed by atoms with van der Waals surface area (Å²) in [4.78, 5) is 16.3. The molecule has 116 valence electrons. The van der Waals surface area contributed by atoms with Crippen LogP contribution in [0, 0.1) is 11.3 Å². The molecule has 3 nitrogen and oxygen atoms in total. The molecule has 0 spiro atoms. The summed E-state index contributed by atoms with van der Waals surface area (Å²) in [5.74, 6) is 0.366. The molecule has 2 rings (SSSR count). The summed E-state index contributed by atoms with van der Waals surface area (Å²) in [7, 11) is 0. The van der Waals surface area contributed by atoms with Crippen molar-refractivity contribution in [2.45, 2.75) is 52.5 Å².